The number of aryl methyl sites for hydroxylation is 3. The molecule has 0 bridgehead atoms. The molecule has 3 aromatic rings. The summed E-state index contributed by atoms with van der Waals surface area (Å²) in [6, 6.07) is 6.80. The van der Waals surface area contributed by atoms with E-state index in [1.807, 2.05) is 19.1 Å². The van der Waals surface area contributed by atoms with Gasteiger partial charge in [0, 0.05) is 8.95 Å². The number of rotatable bonds is 6. The minimum atomic E-state index is -0.661. The molecular weight excluding hydrogens is 546 g/mol. The second-order valence-corrected chi connectivity index (χ2v) is 8.66. The maximum atomic E-state index is 13.7. The Kier molecular flexibility index (Phi) is 7.29. The first-order valence-corrected chi connectivity index (χ1v) is 11.1. The molecule has 0 spiro atoms. The highest BCUT2D eigenvalue weighted by Crippen LogP contribution is 2.33. The van der Waals surface area contributed by atoms with Crippen molar-refractivity contribution in [2.45, 2.75) is 27.3 Å². The van der Waals surface area contributed by atoms with Crippen LogP contribution in [0.15, 0.2) is 33.2 Å². The Balaban J connectivity index is 2.23. The molecule has 9 nitrogen and oxygen atoms in total. The van der Waals surface area contributed by atoms with Gasteiger partial charge in [0.15, 0.2) is 0 Å². The Labute approximate surface area is 201 Å². The number of aromatic nitrogens is 4. The molecule has 0 aliphatic heterocycles. The van der Waals surface area contributed by atoms with Gasteiger partial charge in [0.25, 0.3) is 17.8 Å². The Morgan fingerprint density at radius 2 is 1.41 bits per heavy atom. The summed E-state index contributed by atoms with van der Waals surface area (Å²) in [7, 11) is 2.93. The van der Waals surface area contributed by atoms with Gasteiger partial charge in [-0.15, -0.1) is 5.10 Å². The summed E-state index contributed by atoms with van der Waals surface area (Å²) in [5, 5.41) is 12.1. The summed E-state index contributed by atoms with van der Waals surface area (Å²) in [4.78, 5) is 29.7. The molecule has 0 aliphatic carbocycles. The Bertz CT molecular complexity index is 1120. The Hall–Kier alpha value is -2.79. The van der Waals surface area contributed by atoms with Crippen molar-refractivity contribution < 1.29 is 19.1 Å². The zero-order chi connectivity index (χ0) is 23.6. The fourth-order valence-electron chi connectivity index (χ4n) is 3.29. The van der Waals surface area contributed by atoms with Gasteiger partial charge in [0.2, 0.25) is 0 Å². The van der Waals surface area contributed by atoms with Gasteiger partial charge in [-0.05, 0) is 61.4 Å². The molecule has 32 heavy (non-hydrogen) atoms. The monoisotopic (exact) mass is 565 g/mol. The van der Waals surface area contributed by atoms with Crippen LogP contribution in [0.3, 0.4) is 0 Å². The first-order valence-electron chi connectivity index (χ1n) is 9.56. The number of hydrogen-bond acceptors (Lipinski definition) is 7. The van der Waals surface area contributed by atoms with Crippen molar-refractivity contribution in [3.8, 4) is 11.5 Å². The highest BCUT2D eigenvalue weighted by atomic mass is 79.9. The van der Waals surface area contributed by atoms with E-state index in [4.69, 9.17) is 9.47 Å². The molecule has 1 aromatic heterocycles. The predicted octanol–water partition coefficient (Wildman–Crippen LogP) is 4.34. The number of methoxy groups -OCH3 is 2. The maximum Gasteiger partial charge on any atom is 0.280 e. The van der Waals surface area contributed by atoms with Crippen LogP contribution in [-0.4, -0.2) is 46.2 Å². The van der Waals surface area contributed by atoms with Crippen LogP contribution in [0, 0.1) is 13.8 Å². The average Bonchev–Trinajstić information content (AvgIpc) is 3.21. The van der Waals surface area contributed by atoms with Gasteiger partial charge >= 0.3 is 0 Å². The third-order valence-corrected chi connectivity index (χ3v) is 5.59. The minimum absolute atomic E-state index is 0.152. The van der Waals surface area contributed by atoms with E-state index in [0.717, 1.165) is 16.0 Å². The normalized spacial score (nSPS) is 10.7. The van der Waals surface area contributed by atoms with Crippen molar-refractivity contribution in [1.29, 1.82) is 0 Å². The van der Waals surface area contributed by atoms with Crippen LogP contribution in [0.25, 0.3) is 0 Å². The molecule has 0 saturated carbocycles. The van der Waals surface area contributed by atoms with E-state index in [1.54, 1.807) is 26.0 Å². The third-order valence-electron chi connectivity index (χ3n) is 4.68. The molecule has 0 unspecified atom stereocenters. The number of nitrogens with zero attached hydrogens (tertiary/aromatic N) is 5. The largest absolute Gasteiger partial charge is 0.496 e. The van der Waals surface area contributed by atoms with Gasteiger partial charge in [-0.25, -0.2) is 4.90 Å². The van der Waals surface area contributed by atoms with Crippen LogP contribution in [0.2, 0.25) is 0 Å². The summed E-state index contributed by atoms with van der Waals surface area (Å²) < 4.78 is 12.2. The van der Waals surface area contributed by atoms with Gasteiger partial charge < -0.3 is 9.47 Å². The van der Waals surface area contributed by atoms with Gasteiger partial charge in [-0.3, -0.25) is 9.59 Å². The number of carbonyl (C=O) groups excluding carboxylic acids is 2. The lowest BCUT2D eigenvalue weighted by atomic mass is 10.1. The van der Waals surface area contributed by atoms with Crippen LogP contribution < -0.4 is 14.4 Å². The molecular formula is C21H21Br2N5O4. The lowest BCUT2D eigenvalue weighted by Crippen LogP contribution is -2.38. The van der Waals surface area contributed by atoms with E-state index >= 15 is 0 Å². The Morgan fingerprint density at radius 1 is 0.938 bits per heavy atom. The molecule has 1 heterocycles. The highest BCUT2D eigenvalue weighted by molar-refractivity contribution is 9.10. The van der Waals surface area contributed by atoms with Gasteiger partial charge in [0.1, 0.15) is 11.5 Å². The van der Waals surface area contributed by atoms with Gasteiger partial charge in [0.05, 0.1) is 31.9 Å². The molecule has 2 aromatic carbocycles. The number of anilines is 1. The molecule has 168 valence electrons. The molecule has 0 atom stereocenters. The molecule has 0 N–H and O–H groups in total. The number of benzene rings is 2. The van der Waals surface area contributed by atoms with Crippen LogP contribution in [0.4, 0.5) is 5.95 Å². The number of halogens is 2. The lowest BCUT2D eigenvalue weighted by molar-refractivity contribution is 0.0892. The summed E-state index contributed by atoms with van der Waals surface area (Å²) >= 11 is 6.81. The number of amides is 2. The van der Waals surface area contributed by atoms with Gasteiger partial charge in [-0.2, -0.15) is 4.80 Å². The van der Waals surface area contributed by atoms with Crippen LogP contribution in [0.5, 0.6) is 11.5 Å². The molecule has 11 heteroatoms. The summed E-state index contributed by atoms with van der Waals surface area (Å²) in [5.41, 5.74) is 1.79. The molecule has 0 saturated heterocycles. The first-order chi connectivity index (χ1) is 15.2. The maximum absolute atomic E-state index is 13.7. The zero-order valence-corrected chi connectivity index (χ0v) is 21.3. The second kappa shape index (κ2) is 9.78. The fraction of sp³-hybridized carbons (Fsp3) is 0.286. The first kappa shape index (κ1) is 23.9. The molecule has 0 fully saturated rings. The second-order valence-electron chi connectivity index (χ2n) is 6.83. The van der Waals surface area contributed by atoms with E-state index in [-0.39, 0.29) is 17.1 Å². The number of hydrogen-bond donors (Lipinski definition) is 0. The molecule has 3 rings (SSSR count). The average molecular weight is 567 g/mol. The van der Waals surface area contributed by atoms with Crippen molar-refractivity contribution in [1.82, 2.24) is 20.2 Å². The number of tetrazole rings is 1. The van der Waals surface area contributed by atoms with Crippen molar-refractivity contribution >= 4 is 49.6 Å². The summed E-state index contributed by atoms with van der Waals surface area (Å²) in [5.74, 6) is -0.785. The predicted molar refractivity (Wildman–Crippen MR) is 125 cm³/mol. The van der Waals surface area contributed by atoms with Crippen LogP contribution in [0.1, 0.15) is 38.8 Å². The summed E-state index contributed by atoms with van der Waals surface area (Å²) in [6.07, 6.45) is 0. The molecule has 0 aliphatic rings. The quantitative estimate of drug-likeness (QED) is 0.409. The van der Waals surface area contributed by atoms with Crippen molar-refractivity contribution in [3.05, 3.63) is 55.5 Å². The van der Waals surface area contributed by atoms with E-state index in [1.165, 1.54) is 19.0 Å². The van der Waals surface area contributed by atoms with E-state index in [2.05, 4.69) is 47.3 Å². The van der Waals surface area contributed by atoms with E-state index in [9.17, 15) is 9.59 Å². The van der Waals surface area contributed by atoms with Crippen molar-refractivity contribution in [2.75, 3.05) is 19.1 Å². The lowest BCUT2D eigenvalue weighted by Gasteiger charge is -2.21. The smallest absolute Gasteiger partial charge is 0.280 e. The van der Waals surface area contributed by atoms with Crippen LogP contribution >= 0.6 is 31.9 Å². The standard InChI is InChI=1S/C21H21Br2N5O4/c1-6-27-25-21(24-26-27)28(19(29)15-9-13(22)7-11(2)17(15)31-4)20(30)16-10-14(23)8-12(3)18(16)32-5/h7-10H,6H2,1-5H3. The number of ether oxygens (including phenoxy) is 2. The SMILES string of the molecule is CCn1nnc(N(C(=O)c2cc(Br)cc(C)c2OC)C(=O)c2cc(Br)cc(C)c2OC)n1. The molecule has 0 radical (unpaired) electrons. The zero-order valence-electron chi connectivity index (χ0n) is 18.1. The fourth-order valence-corrected chi connectivity index (χ4v) is 4.44. The van der Waals surface area contributed by atoms with Crippen LogP contribution in [-0.2, 0) is 6.54 Å². The van der Waals surface area contributed by atoms with Crippen molar-refractivity contribution in [3.63, 3.8) is 0 Å². The van der Waals surface area contributed by atoms with E-state index in [0.29, 0.717) is 27.0 Å². The summed E-state index contributed by atoms with van der Waals surface area (Å²) in [6.45, 7) is 5.85. The minimum Gasteiger partial charge on any atom is -0.496 e. The number of carbonyl (C=O) groups is 2. The highest BCUT2D eigenvalue weighted by Gasteiger charge is 2.34. The van der Waals surface area contributed by atoms with Crippen molar-refractivity contribution in [2.24, 2.45) is 0 Å². The third kappa shape index (κ3) is 4.53. The molecule has 2 amide bonds. The number of imide groups is 1. The van der Waals surface area contributed by atoms with Gasteiger partial charge in [-0.1, -0.05) is 37.0 Å². The Morgan fingerprint density at radius 3 is 1.78 bits per heavy atom. The van der Waals surface area contributed by atoms with E-state index < -0.39 is 11.8 Å². The topological polar surface area (TPSA) is 99.4 Å².